The first kappa shape index (κ1) is 20.0. The van der Waals surface area contributed by atoms with Gasteiger partial charge in [-0.15, -0.1) is 0 Å². The Morgan fingerprint density at radius 3 is 2.43 bits per heavy atom. The maximum absolute atomic E-state index is 12.9. The molecule has 0 bridgehead atoms. The van der Waals surface area contributed by atoms with Crippen LogP contribution in [0.2, 0.25) is 0 Å². The van der Waals surface area contributed by atoms with Gasteiger partial charge in [0.15, 0.2) is 0 Å². The Hall–Kier alpha value is -2.70. The number of halogens is 3. The minimum absolute atomic E-state index is 0.0506. The predicted molar refractivity (Wildman–Crippen MR) is 102 cm³/mol. The number of hydrogen-bond donors (Lipinski definition) is 0. The van der Waals surface area contributed by atoms with Gasteiger partial charge in [-0.1, -0.05) is 24.3 Å². The summed E-state index contributed by atoms with van der Waals surface area (Å²) >= 11 is 0. The number of nitrogens with zero attached hydrogens (tertiary/aromatic N) is 2. The lowest BCUT2D eigenvalue weighted by Gasteiger charge is -2.36. The molecule has 1 aliphatic rings. The van der Waals surface area contributed by atoms with Crippen LogP contribution in [0.4, 0.5) is 18.9 Å². The molecule has 4 nitrogen and oxygen atoms in total. The number of aryl methyl sites for hydroxylation is 1. The molecule has 0 N–H and O–H groups in total. The van der Waals surface area contributed by atoms with Crippen LogP contribution in [-0.4, -0.2) is 44.1 Å². The molecule has 150 valence electrons. The maximum Gasteiger partial charge on any atom is 0.416 e. The summed E-state index contributed by atoms with van der Waals surface area (Å²) in [6.07, 6.45) is -3.38. The van der Waals surface area contributed by atoms with Crippen molar-refractivity contribution in [2.45, 2.75) is 19.0 Å². The van der Waals surface area contributed by atoms with Gasteiger partial charge in [-0.25, -0.2) is 0 Å². The summed E-state index contributed by atoms with van der Waals surface area (Å²) in [5.74, 6) is 0.819. The summed E-state index contributed by atoms with van der Waals surface area (Å²) in [6, 6.07) is 12.9. The van der Waals surface area contributed by atoms with Crippen molar-refractivity contribution in [3.63, 3.8) is 0 Å². The lowest BCUT2D eigenvalue weighted by atomic mass is 10.1. The molecule has 0 radical (unpaired) electrons. The molecule has 1 saturated heterocycles. The number of alkyl halides is 3. The quantitative estimate of drug-likeness (QED) is 0.771. The van der Waals surface area contributed by atoms with E-state index in [1.807, 2.05) is 29.2 Å². The minimum atomic E-state index is -4.35. The van der Waals surface area contributed by atoms with E-state index in [0.29, 0.717) is 44.7 Å². The van der Waals surface area contributed by atoms with Crippen LogP contribution < -0.4 is 9.64 Å². The largest absolute Gasteiger partial charge is 0.496 e. The lowest BCUT2D eigenvalue weighted by Crippen LogP contribution is -2.48. The Morgan fingerprint density at radius 2 is 1.75 bits per heavy atom. The average molecular weight is 392 g/mol. The molecule has 2 aromatic carbocycles. The third-order valence-corrected chi connectivity index (χ3v) is 4.97. The number of ether oxygens (including phenoxy) is 1. The van der Waals surface area contributed by atoms with E-state index in [-0.39, 0.29) is 5.91 Å². The van der Waals surface area contributed by atoms with Gasteiger partial charge in [-0.2, -0.15) is 13.2 Å². The van der Waals surface area contributed by atoms with Crippen molar-refractivity contribution < 1.29 is 22.7 Å². The Balaban J connectivity index is 1.54. The molecule has 1 aliphatic heterocycles. The number of para-hydroxylation sites is 1. The zero-order valence-corrected chi connectivity index (χ0v) is 15.7. The molecule has 0 aliphatic carbocycles. The summed E-state index contributed by atoms with van der Waals surface area (Å²) < 4.78 is 44.0. The Bertz CT molecular complexity index is 815. The molecule has 1 heterocycles. The van der Waals surface area contributed by atoms with E-state index in [4.69, 9.17) is 4.74 Å². The highest BCUT2D eigenvalue weighted by atomic mass is 19.4. The number of amides is 1. The topological polar surface area (TPSA) is 32.8 Å². The van der Waals surface area contributed by atoms with Crippen molar-refractivity contribution >= 4 is 11.6 Å². The fraction of sp³-hybridized carbons (Fsp3) is 0.381. The number of piperazine rings is 1. The first-order valence-corrected chi connectivity index (χ1v) is 9.20. The van der Waals surface area contributed by atoms with Gasteiger partial charge in [0, 0.05) is 38.3 Å². The monoisotopic (exact) mass is 392 g/mol. The molecular formula is C21H23F3N2O2. The predicted octanol–water partition coefficient (Wildman–Crippen LogP) is 4.00. The third-order valence-electron chi connectivity index (χ3n) is 4.97. The second-order valence-corrected chi connectivity index (χ2v) is 6.73. The Morgan fingerprint density at radius 1 is 1.04 bits per heavy atom. The molecule has 1 amide bonds. The Kier molecular flexibility index (Phi) is 6.11. The second kappa shape index (κ2) is 8.54. The lowest BCUT2D eigenvalue weighted by molar-refractivity contribution is -0.137. The second-order valence-electron chi connectivity index (χ2n) is 6.73. The maximum atomic E-state index is 12.9. The highest BCUT2D eigenvalue weighted by Gasteiger charge is 2.31. The van der Waals surface area contributed by atoms with E-state index < -0.39 is 11.7 Å². The number of carbonyl (C=O) groups excluding carboxylic acids is 1. The van der Waals surface area contributed by atoms with Crippen LogP contribution in [-0.2, 0) is 17.4 Å². The number of hydrogen-bond acceptors (Lipinski definition) is 3. The van der Waals surface area contributed by atoms with Crippen LogP contribution in [0.15, 0.2) is 48.5 Å². The molecule has 2 aromatic rings. The van der Waals surface area contributed by atoms with Gasteiger partial charge in [-0.3, -0.25) is 4.79 Å². The van der Waals surface area contributed by atoms with Crippen molar-refractivity contribution in [3.8, 4) is 5.75 Å². The van der Waals surface area contributed by atoms with Crippen LogP contribution in [0.25, 0.3) is 0 Å². The van der Waals surface area contributed by atoms with Gasteiger partial charge in [-0.05, 0) is 36.2 Å². The van der Waals surface area contributed by atoms with E-state index in [2.05, 4.69) is 0 Å². The highest BCUT2D eigenvalue weighted by molar-refractivity contribution is 5.77. The van der Waals surface area contributed by atoms with E-state index in [1.54, 1.807) is 18.1 Å². The van der Waals surface area contributed by atoms with Crippen LogP contribution in [0.1, 0.15) is 17.5 Å². The number of rotatable bonds is 5. The summed E-state index contributed by atoms with van der Waals surface area (Å²) in [5.41, 5.74) is 0.872. The Labute approximate surface area is 162 Å². The summed E-state index contributed by atoms with van der Waals surface area (Å²) in [7, 11) is 1.60. The standard InChI is InChI=1S/C21H23F3N2O2/c1-28-19-8-3-2-5-16(19)9-10-20(27)26-13-11-25(12-14-26)18-7-4-6-17(15-18)21(22,23)24/h2-8,15H,9-14H2,1H3. The zero-order valence-electron chi connectivity index (χ0n) is 15.7. The first-order valence-electron chi connectivity index (χ1n) is 9.20. The molecule has 0 aromatic heterocycles. The number of benzene rings is 2. The summed E-state index contributed by atoms with van der Waals surface area (Å²) in [6.45, 7) is 2.03. The SMILES string of the molecule is COc1ccccc1CCC(=O)N1CCN(c2cccc(C(F)(F)F)c2)CC1. The van der Waals surface area contributed by atoms with E-state index in [1.165, 1.54) is 12.1 Å². The fourth-order valence-electron chi connectivity index (χ4n) is 3.40. The van der Waals surface area contributed by atoms with E-state index in [9.17, 15) is 18.0 Å². The van der Waals surface area contributed by atoms with Gasteiger partial charge in [0.25, 0.3) is 0 Å². The molecule has 1 fully saturated rings. The van der Waals surface area contributed by atoms with Crippen LogP contribution in [0, 0.1) is 0 Å². The molecule has 0 spiro atoms. The number of methoxy groups -OCH3 is 1. The van der Waals surface area contributed by atoms with E-state index in [0.717, 1.165) is 17.4 Å². The minimum Gasteiger partial charge on any atom is -0.496 e. The molecule has 0 unspecified atom stereocenters. The third kappa shape index (κ3) is 4.77. The van der Waals surface area contributed by atoms with Crippen molar-refractivity contribution in [1.29, 1.82) is 0 Å². The van der Waals surface area contributed by atoms with Crippen molar-refractivity contribution in [1.82, 2.24) is 4.90 Å². The van der Waals surface area contributed by atoms with Gasteiger partial charge >= 0.3 is 6.18 Å². The summed E-state index contributed by atoms with van der Waals surface area (Å²) in [5, 5.41) is 0. The molecular weight excluding hydrogens is 369 g/mol. The van der Waals surface area contributed by atoms with Crippen molar-refractivity contribution in [3.05, 3.63) is 59.7 Å². The highest BCUT2D eigenvalue weighted by Crippen LogP contribution is 2.32. The van der Waals surface area contributed by atoms with Gasteiger partial charge in [0.1, 0.15) is 5.75 Å². The van der Waals surface area contributed by atoms with E-state index >= 15 is 0 Å². The summed E-state index contributed by atoms with van der Waals surface area (Å²) in [4.78, 5) is 16.2. The molecule has 0 saturated carbocycles. The van der Waals surface area contributed by atoms with Gasteiger partial charge < -0.3 is 14.5 Å². The average Bonchev–Trinajstić information content (AvgIpc) is 2.72. The smallest absolute Gasteiger partial charge is 0.416 e. The number of carbonyl (C=O) groups is 1. The van der Waals surface area contributed by atoms with Crippen molar-refractivity contribution in [2.24, 2.45) is 0 Å². The van der Waals surface area contributed by atoms with Crippen LogP contribution in [0.3, 0.4) is 0 Å². The molecule has 3 rings (SSSR count). The molecule has 7 heteroatoms. The first-order chi connectivity index (χ1) is 13.4. The van der Waals surface area contributed by atoms with Gasteiger partial charge in [0.2, 0.25) is 5.91 Å². The zero-order chi connectivity index (χ0) is 20.1. The van der Waals surface area contributed by atoms with Crippen LogP contribution in [0.5, 0.6) is 5.75 Å². The normalized spacial score (nSPS) is 14.9. The van der Waals surface area contributed by atoms with Gasteiger partial charge in [0.05, 0.1) is 12.7 Å². The number of anilines is 1. The molecule has 28 heavy (non-hydrogen) atoms. The molecule has 0 atom stereocenters. The fourth-order valence-corrected chi connectivity index (χ4v) is 3.40. The van der Waals surface area contributed by atoms with Crippen LogP contribution >= 0.6 is 0 Å². The van der Waals surface area contributed by atoms with Crippen molar-refractivity contribution in [2.75, 3.05) is 38.2 Å².